The average molecular weight is 518 g/mol. The summed E-state index contributed by atoms with van der Waals surface area (Å²) >= 11 is 12.5. The Balaban J connectivity index is 1.94. The van der Waals surface area contributed by atoms with Gasteiger partial charge in [0, 0.05) is 16.8 Å². The lowest BCUT2D eigenvalue weighted by Gasteiger charge is -2.19. The van der Waals surface area contributed by atoms with E-state index in [0.29, 0.717) is 33.0 Å². The molecule has 0 amide bonds. The summed E-state index contributed by atoms with van der Waals surface area (Å²) in [6.07, 6.45) is 1.26. The van der Waals surface area contributed by atoms with Crippen molar-refractivity contribution in [2.45, 2.75) is 6.61 Å². The van der Waals surface area contributed by atoms with E-state index in [1.807, 2.05) is 0 Å². The second-order valence-electron chi connectivity index (χ2n) is 7.38. The summed E-state index contributed by atoms with van der Waals surface area (Å²) in [5.74, 6) is -3.21. The Morgan fingerprint density at radius 3 is 2.34 bits per heavy atom. The molecule has 0 N–H and O–H groups in total. The molecule has 0 atom stereocenters. The molecule has 4 aromatic rings. The summed E-state index contributed by atoms with van der Waals surface area (Å²) in [5.41, 5.74) is 1.87. The molecule has 1 heterocycles. The molecule has 35 heavy (non-hydrogen) atoms. The van der Waals surface area contributed by atoms with Crippen LogP contribution in [0.2, 0.25) is 10.0 Å². The number of carbonyl (C=O) groups excluding carboxylic acids is 1. The number of nitrogens with zero attached hydrogens (tertiary/aromatic N) is 1. The highest BCUT2D eigenvalue weighted by Crippen LogP contribution is 2.43. The number of pyridine rings is 1. The summed E-state index contributed by atoms with van der Waals surface area (Å²) < 4.78 is 51.7. The number of benzene rings is 3. The Morgan fingerprint density at radius 1 is 0.943 bits per heavy atom. The topological polar surface area (TPSA) is 48.4 Å². The molecule has 0 saturated heterocycles. The number of hydrogen-bond acceptors (Lipinski definition) is 4. The molecule has 0 spiro atoms. The Hall–Kier alpha value is -3.55. The fourth-order valence-corrected chi connectivity index (χ4v) is 3.95. The van der Waals surface area contributed by atoms with Gasteiger partial charge in [-0.25, -0.2) is 18.0 Å². The molecule has 0 radical (unpaired) electrons. The van der Waals surface area contributed by atoms with Gasteiger partial charge in [0.15, 0.2) is 11.6 Å². The lowest BCUT2D eigenvalue weighted by molar-refractivity contribution is 0.0595. The Kier molecular flexibility index (Phi) is 7.28. The molecule has 178 valence electrons. The highest BCUT2D eigenvalue weighted by atomic mass is 35.5. The van der Waals surface area contributed by atoms with Crippen molar-refractivity contribution in [2.24, 2.45) is 0 Å². The summed E-state index contributed by atoms with van der Waals surface area (Å²) in [6, 6.07) is 13.6. The first kappa shape index (κ1) is 24.6. The minimum Gasteiger partial charge on any atom is -0.487 e. The minimum atomic E-state index is -1.04. The second-order valence-corrected chi connectivity index (χ2v) is 8.23. The molecule has 0 bridgehead atoms. The molecule has 0 fully saturated rings. The average Bonchev–Trinajstić information content (AvgIpc) is 2.84. The van der Waals surface area contributed by atoms with Gasteiger partial charge in [0.1, 0.15) is 23.7 Å². The third kappa shape index (κ3) is 5.26. The first-order valence-electron chi connectivity index (χ1n) is 10.2. The fourth-order valence-electron chi connectivity index (χ4n) is 3.45. The van der Waals surface area contributed by atoms with Gasteiger partial charge in [0.2, 0.25) is 0 Å². The molecule has 0 aliphatic carbocycles. The summed E-state index contributed by atoms with van der Waals surface area (Å²) in [4.78, 5) is 17.0. The molecule has 0 saturated carbocycles. The van der Waals surface area contributed by atoms with Crippen molar-refractivity contribution < 1.29 is 27.4 Å². The molecule has 0 unspecified atom stereocenters. The standard InChI is InChI=1S/C26H16Cl2F3NO3/c1-34-26(33)19-12-32-24(18-8-5-16(27)11-20(18)28)23(15-3-6-17(29)7-4-15)25(19)35-13-14-2-9-21(30)22(31)10-14/h2-12H,13H2,1H3. The zero-order valence-electron chi connectivity index (χ0n) is 18.1. The molecule has 1 aromatic heterocycles. The highest BCUT2D eigenvalue weighted by molar-refractivity contribution is 6.36. The Labute approximate surface area is 208 Å². The lowest BCUT2D eigenvalue weighted by Crippen LogP contribution is -2.09. The third-order valence-electron chi connectivity index (χ3n) is 5.12. The molecule has 4 rings (SSSR count). The van der Waals surface area contributed by atoms with Gasteiger partial charge >= 0.3 is 5.97 Å². The van der Waals surface area contributed by atoms with Crippen LogP contribution in [-0.2, 0) is 11.3 Å². The maximum atomic E-state index is 13.7. The van der Waals surface area contributed by atoms with Crippen LogP contribution in [0.4, 0.5) is 13.2 Å². The van der Waals surface area contributed by atoms with Gasteiger partial charge in [-0.05, 0) is 53.6 Å². The van der Waals surface area contributed by atoms with Crippen LogP contribution in [0.15, 0.2) is 66.9 Å². The first-order valence-corrected chi connectivity index (χ1v) is 10.9. The molecule has 3 aromatic carbocycles. The van der Waals surface area contributed by atoms with E-state index >= 15 is 0 Å². The van der Waals surface area contributed by atoms with Crippen LogP contribution in [0.5, 0.6) is 5.75 Å². The van der Waals surface area contributed by atoms with E-state index in [1.54, 1.807) is 12.1 Å². The number of methoxy groups -OCH3 is 1. The van der Waals surface area contributed by atoms with Crippen LogP contribution in [-0.4, -0.2) is 18.1 Å². The zero-order chi connectivity index (χ0) is 25.1. The van der Waals surface area contributed by atoms with Crippen LogP contribution >= 0.6 is 23.2 Å². The monoisotopic (exact) mass is 517 g/mol. The number of aromatic nitrogens is 1. The quantitative estimate of drug-likeness (QED) is 0.248. The minimum absolute atomic E-state index is 0.0248. The lowest BCUT2D eigenvalue weighted by atomic mass is 9.96. The number of carbonyl (C=O) groups is 1. The van der Waals surface area contributed by atoms with E-state index in [9.17, 15) is 18.0 Å². The van der Waals surface area contributed by atoms with Gasteiger partial charge in [-0.3, -0.25) is 4.98 Å². The number of rotatable bonds is 6. The van der Waals surface area contributed by atoms with Gasteiger partial charge in [-0.2, -0.15) is 0 Å². The van der Waals surface area contributed by atoms with Crippen molar-refractivity contribution in [1.29, 1.82) is 0 Å². The maximum Gasteiger partial charge on any atom is 0.343 e. The van der Waals surface area contributed by atoms with Gasteiger partial charge in [-0.15, -0.1) is 0 Å². The van der Waals surface area contributed by atoms with E-state index in [-0.39, 0.29) is 22.9 Å². The zero-order valence-corrected chi connectivity index (χ0v) is 19.6. The molecular formula is C26H16Cl2F3NO3. The van der Waals surface area contributed by atoms with E-state index in [0.717, 1.165) is 12.1 Å². The van der Waals surface area contributed by atoms with Crippen molar-refractivity contribution in [3.05, 3.63) is 105 Å². The number of esters is 1. The third-order valence-corrected chi connectivity index (χ3v) is 5.67. The van der Waals surface area contributed by atoms with Gasteiger partial charge in [0.25, 0.3) is 0 Å². The highest BCUT2D eigenvalue weighted by Gasteiger charge is 2.25. The van der Waals surface area contributed by atoms with Crippen LogP contribution < -0.4 is 4.74 Å². The molecule has 4 nitrogen and oxygen atoms in total. The van der Waals surface area contributed by atoms with Crippen molar-refractivity contribution in [3.8, 4) is 28.1 Å². The summed E-state index contributed by atoms with van der Waals surface area (Å²) in [7, 11) is 1.20. The number of halogens is 5. The summed E-state index contributed by atoms with van der Waals surface area (Å²) in [5, 5.41) is 0.689. The normalized spacial score (nSPS) is 10.8. The van der Waals surface area contributed by atoms with Crippen LogP contribution in [0.1, 0.15) is 15.9 Å². The van der Waals surface area contributed by atoms with Crippen molar-refractivity contribution >= 4 is 29.2 Å². The summed E-state index contributed by atoms with van der Waals surface area (Å²) in [6.45, 7) is -0.215. The van der Waals surface area contributed by atoms with E-state index in [2.05, 4.69) is 4.98 Å². The predicted octanol–water partition coefficient (Wildman–Crippen LogP) is 7.51. The number of hydrogen-bond donors (Lipinski definition) is 0. The number of ether oxygens (including phenoxy) is 2. The maximum absolute atomic E-state index is 13.7. The largest absolute Gasteiger partial charge is 0.487 e. The van der Waals surface area contributed by atoms with Crippen LogP contribution in [0.3, 0.4) is 0 Å². The van der Waals surface area contributed by atoms with Crippen LogP contribution in [0, 0.1) is 17.5 Å². The van der Waals surface area contributed by atoms with Crippen molar-refractivity contribution in [1.82, 2.24) is 4.98 Å². The van der Waals surface area contributed by atoms with Gasteiger partial charge in [0.05, 0.1) is 23.4 Å². The molecule has 0 aliphatic rings. The molecular weight excluding hydrogens is 502 g/mol. The van der Waals surface area contributed by atoms with E-state index in [4.69, 9.17) is 32.7 Å². The fraction of sp³-hybridized carbons (Fsp3) is 0.0769. The van der Waals surface area contributed by atoms with Gasteiger partial charge in [-0.1, -0.05) is 41.4 Å². The Morgan fingerprint density at radius 2 is 1.69 bits per heavy atom. The van der Waals surface area contributed by atoms with Crippen molar-refractivity contribution in [2.75, 3.05) is 7.11 Å². The smallest absolute Gasteiger partial charge is 0.343 e. The predicted molar refractivity (Wildman–Crippen MR) is 127 cm³/mol. The van der Waals surface area contributed by atoms with Gasteiger partial charge < -0.3 is 9.47 Å². The Bertz CT molecular complexity index is 1410. The molecule has 9 heteroatoms. The first-order chi connectivity index (χ1) is 16.8. The molecule has 0 aliphatic heterocycles. The second kappa shape index (κ2) is 10.4. The van der Waals surface area contributed by atoms with E-state index < -0.39 is 23.4 Å². The van der Waals surface area contributed by atoms with E-state index in [1.165, 1.54) is 49.7 Å². The van der Waals surface area contributed by atoms with Crippen molar-refractivity contribution in [3.63, 3.8) is 0 Å². The van der Waals surface area contributed by atoms with Crippen LogP contribution in [0.25, 0.3) is 22.4 Å². The SMILES string of the molecule is COC(=O)c1cnc(-c2ccc(Cl)cc2Cl)c(-c2ccc(F)cc2)c1OCc1ccc(F)c(F)c1.